The van der Waals surface area contributed by atoms with Gasteiger partial charge in [-0.15, -0.1) is 11.8 Å². The molecule has 0 radical (unpaired) electrons. The number of aromatic hydroxyl groups is 1. The Balaban J connectivity index is 1.95. The van der Waals surface area contributed by atoms with Gasteiger partial charge in [0.05, 0.1) is 18.5 Å². The molecule has 0 aliphatic rings. The Hall–Kier alpha value is -2.99. The second-order valence-corrected chi connectivity index (χ2v) is 6.60. The summed E-state index contributed by atoms with van der Waals surface area (Å²) in [5.74, 6) is 1.20. The lowest BCUT2D eigenvalue weighted by Gasteiger charge is -2.07. The van der Waals surface area contributed by atoms with Crippen LogP contribution in [0, 0.1) is 0 Å². The van der Waals surface area contributed by atoms with Crippen molar-refractivity contribution in [2.24, 2.45) is 0 Å². The summed E-state index contributed by atoms with van der Waals surface area (Å²) >= 11 is 1.70. The van der Waals surface area contributed by atoms with Crippen LogP contribution in [0.3, 0.4) is 0 Å². The van der Waals surface area contributed by atoms with Gasteiger partial charge in [0.15, 0.2) is 0 Å². The largest absolute Gasteiger partial charge is 0.497 e. The van der Waals surface area contributed by atoms with Crippen LogP contribution in [0.1, 0.15) is 0 Å². The molecule has 0 spiro atoms. The van der Waals surface area contributed by atoms with Crippen LogP contribution in [-0.2, 0) is 0 Å². The number of fused-ring (bicyclic) bond motifs is 1. The van der Waals surface area contributed by atoms with Crippen LogP contribution in [0.4, 0.5) is 0 Å². The molecule has 2 aromatic carbocycles. The van der Waals surface area contributed by atoms with Crippen molar-refractivity contribution >= 4 is 17.5 Å². The summed E-state index contributed by atoms with van der Waals surface area (Å²) < 4.78 is 7.14. The number of benzene rings is 2. The molecule has 26 heavy (non-hydrogen) atoms. The van der Waals surface area contributed by atoms with Gasteiger partial charge in [-0.05, 0) is 42.7 Å². The lowest BCUT2D eigenvalue weighted by atomic mass is 10.0. The van der Waals surface area contributed by atoms with E-state index < -0.39 is 0 Å². The predicted molar refractivity (Wildman–Crippen MR) is 104 cm³/mol. The Morgan fingerprint density at radius 3 is 2.27 bits per heavy atom. The highest BCUT2D eigenvalue weighted by molar-refractivity contribution is 7.98. The molecule has 1 N–H and O–H groups in total. The molecule has 2 aromatic heterocycles. The molecular weight excluding hydrogens is 346 g/mol. The number of methoxy groups -OCH3 is 1. The first-order valence-electron chi connectivity index (χ1n) is 8.06. The minimum absolute atomic E-state index is 0.0481. The van der Waals surface area contributed by atoms with E-state index in [1.54, 1.807) is 31.1 Å². The molecule has 2 heterocycles. The number of ether oxygens (including phenoxy) is 1. The van der Waals surface area contributed by atoms with Crippen LogP contribution in [0.15, 0.2) is 65.7 Å². The quantitative estimate of drug-likeness (QED) is 0.541. The van der Waals surface area contributed by atoms with Crippen molar-refractivity contribution in [3.8, 4) is 34.1 Å². The second-order valence-electron chi connectivity index (χ2n) is 5.72. The minimum Gasteiger partial charge on any atom is -0.497 e. The molecular formula is C20H17N3O2S. The van der Waals surface area contributed by atoms with Gasteiger partial charge < -0.3 is 9.84 Å². The van der Waals surface area contributed by atoms with Crippen molar-refractivity contribution in [3.05, 3.63) is 60.8 Å². The molecule has 4 aromatic rings. The molecule has 4 rings (SSSR count). The monoisotopic (exact) mass is 363 g/mol. The molecule has 0 fully saturated rings. The van der Waals surface area contributed by atoms with Gasteiger partial charge in [0, 0.05) is 28.3 Å². The highest BCUT2D eigenvalue weighted by Crippen LogP contribution is 2.34. The average molecular weight is 363 g/mol. The van der Waals surface area contributed by atoms with E-state index in [9.17, 15) is 5.11 Å². The maximum Gasteiger partial charge on any atom is 0.238 e. The maximum absolute atomic E-state index is 9.72. The lowest BCUT2D eigenvalue weighted by molar-refractivity contribution is 0.415. The summed E-state index contributed by atoms with van der Waals surface area (Å²) in [6.45, 7) is 0. The number of imidazole rings is 1. The number of thioether (sulfide) groups is 1. The molecule has 0 atom stereocenters. The van der Waals surface area contributed by atoms with Crippen LogP contribution in [0.2, 0.25) is 0 Å². The fourth-order valence-corrected chi connectivity index (χ4v) is 3.31. The zero-order chi connectivity index (χ0) is 18.1. The molecule has 130 valence electrons. The van der Waals surface area contributed by atoms with Crippen molar-refractivity contribution < 1.29 is 9.84 Å². The predicted octanol–water partition coefficient (Wildman–Crippen LogP) is 4.50. The van der Waals surface area contributed by atoms with Crippen LogP contribution in [0.5, 0.6) is 11.6 Å². The van der Waals surface area contributed by atoms with Gasteiger partial charge in [-0.25, -0.2) is 4.98 Å². The first kappa shape index (κ1) is 16.5. The fraction of sp³-hybridized carbons (Fsp3) is 0.100. The van der Waals surface area contributed by atoms with Gasteiger partial charge in [-0.1, -0.05) is 12.1 Å². The van der Waals surface area contributed by atoms with Crippen LogP contribution >= 0.6 is 11.8 Å². The van der Waals surface area contributed by atoms with E-state index in [0.29, 0.717) is 5.78 Å². The molecule has 0 bridgehead atoms. The Morgan fingerprint density at radius 2 is 1.62 bits per heavy atom. The minimum atomic E-state index is -0.0481. The summed E-state index contributed by atoms with van der Waals surface area (Å²) in [4.78, 5) is 10.0. The normalized spacial score (nSPS) is 11.0. The first-order valence-corrected chi connectivity index (χ1v) is 9.29. The lowest BCUT2D eigenvalue weighted by Crippen LogP contribution is -1.91. The Morgan fingerprint density at radius 1 is 0.923 bits per heavy atom. The van der Waals surface area contributed by atoms with Crippen molar-refractivity contribution in [2.45, 2.75) is 4.90 Å². The zero-order valence-corrected chi connectivity index (χ0v) is 15.2. The molecule has 0 saturated heterocycles. The number of nitrogens with zero attached hydrogens (tertiary/aromatic N) is 3. The van der Waals surface area contributed by atoms with Crippen molar-refractivity contribution in [1.82, 2.24) is 14.4 Å². The van der Waals surface area contributed by atoms with Gasteiger partial charge >= 0.3 is 0 Å². The number of aromatic nitrogens is 3. The van der Waals surface area contributed by atoms with E-state index in [-0.39, 0.29) is 5.88 Å². The molecule has 5 nitrogen and oxygen atoms in total. The Kier molecular flexibility index (Phi) is 4.26. The standard InChI is InChI=1S/C20H17N3O2S/c1-25-15-7-3-13(4-8-15)18-19(14-5-9-16(26-2)10-6-14)23-12-11-17(24)21-20(23)22-18/h3-12H,1-2H3,(H,21,22,24). The molecule has 6 heteroatoms. The number of hydrogen-bond acceptors (Lipinski definition) is 5. The van der Waals surface area contributed by atoms with Gasteiger partial charge in [0.2, 0.25) is 11.7 Å². The number of hydrogen-bond donors (Lipinski definition) is 1. The molecule has 0 aliphatic heterocycles. The summed E-state index contributed by atoms with van der Waals surface area (Å²) in [7, 11) is 1.64. The zero-order valence-electron chi connectivity index (χ0n) is 14.4. The van der Waals surface area contributed by atoms with Crippen molar-refractivity contribution in [2.75, 3.05) is 13.4 Å². The van der Waals surface area contributed by atoms with E-state index in [1.165, 1.54) is 4.90 Å². The summed E-state index contributed by atoms with van der Waals surface area (Å²) in [5, 5.41) is 9.72. The third-order valence-electron chi connectivity index (χ3n) is 4.21. The SMILES string of the molecule is COc1ccc(-c2nc3nc(O)ccn3c2-c2ccc(SC)cc2)cc1. The van der Waals surface area contributed by atoms with E-state index >= 15 is 0 Å². The van der Waals surface area contributed by atoms with Crippen LogP contribution in [0.25, 0.3) is 28.3 Å². The van der Waals surface area contributed by atoms with Gasteiger partial charge in [0.25, 0.3) is 0 Å². The van der Waals surface area contributed by atoms with Crippen molar-refractivity contribution in [3.63, 3.8) is 0 Å². The highest BCUT2D eigenvalue weighted by atomic mass is 32.2. The van der Waals surface area contributed by atoms with Crippen molar-refractivity contribution in [1.29, 1.82) is 0 Å². The third-order valence-corrected chi connectivity index (χ3v) is 4.95. The fourth-order valence-electron chi connectivity index (χ4n) is 2.90. The molecule has 0 amide bonds. The van der Waals surface area contributed by atoms with Gasteiger partial charge in [-0.3, -0.25) is 4.40 Å². The molecule has 0 unspecified atom stereocenters. The smallest absolute Gasteiger partial charge is 0.238 e. The third kappa shape index (κ3) is 2.88. The molecule has 0 saturated carbocycles. The number of rotatable bonds is 4. The van der Waals surface area contributed by atoms with E-state index in [1.807, 2.05) is 28.7 Å². The van der Waals surface area contributed by atoms with Crippen LogP contribution in [-0.4, -0.2) is 32.8 Å². The summed E-state index contributed by atoms with van der Waals surface area (Å²) in [6.07, 6.45) is 3.84. The highest BCUT2D eigenvalue weighted by Gasteiger charge is 2.17. The topological polar surface area (TPSA) is 59.7 Å². The van der Waals surface area contributed by atoms with E-state index in [2.05, 4.69) is 40.5 Å². The maximum atomic E-state index is 9.72. The Labute approximate surface area is 155 Å². The van der Waals surface area contributed by atoms with E-state index in [0.717, 1.165) is 28.3 Å². The molecule has 0 aliphatic carbocycles. The summed E-state index contributed by atoms with van der Waals surface area (Å²) in [6, 6.07) is 17.7. The van der Waals surface area contributed by atoms with Gasteiger partial charge in [0.1, 0.15) is 5.75 Å². The van der Waals surface area contributed by atoms with Crippen LogP contribution < -0.4 is 4.74 Å². The van der Waals surface area contributed by atoms with Gasteiger partial charge in [-0.2, -0.15) is 4.98 Å². The Bertz CT molecular complexity index is 1060. The average Bonchev–Trinajstić information content (AvgIpc) is 3.06. The summed E-state index contributed by atoms with van der Waals surface area (Å²) in [5.41, 5.74) is 3.74. The van der Waals surface area contributed by atoms with E-state index in [4.69, 9.17) is 4.74 Å². The second kappa shape index (κ2) is 6.72. The first-order chi connectivity index (χ1) is 12.7.